The van der Waals surface area contributed by atoms with Gasteiger partial charge in [0.05, 0.1) is 2.74 Å². The van der Waals surface area contributed by atoms with Crippen LogP contribution in [0, 0.1) is 0 Å². The van der Waals surface area contributed by atoms with Gasteiger partial charge in [0.1, 0.15) is 16.7 Å². The standard InChI is InChI=1S/C21H22N2O5S/c1-23(2)19-7-3-6-17-16(19)5-4-8-20(17)29(26,27)28-15-11-9-14(10-12-15)13-18(22)21(24)25/h3-12,18H,13,22H2,1-2H3,(H,24,25)/t18-/m0/s1/i11T,12T. The van der Waals surface area contributed by atoms with E-state index in [1.807, 2.05) is 25.1 Å². The molecule has 0 saturated carbocycles. The van der Waals surface area contributed by atoms with Crippen LogP contribution in [0.4, 0.5) is 5.69 Å². The molecule has 1 atom stereocenters. The highest BCUT2D eigenvalue weighted by Gasteiger charge is 2.21. The molecular formula is C21H22N2O5S. The molecule has 0 aliphatic carbocycles. The molecule has 3 aromatic rings. The number of aliphatic carboxylic acids is 1. The van der Waals surface area contributed by atoms with Crippen molar-refractivity contribution in [1.82, 2.24) is 0 Å². The fourth-order valence-corrected chi connectivity index (χ4v) is 4.03. The molecule has 0 amide bonds. The first-order valence-electron chi connectivity index (χ1n) is 9.73. The molecule has 0 bridgehead atoms. The molecule has 0 saturated heterocycles. The number of carboxylic acid groups (broad SMARTS) is 1. The molecule has 0 aliphatic heterocycles. The summed E-state index contributed by atoms with van der Waals surface area (Å²) < 4.78 is 47.5. The first kappa shape index (κ1) is 18.0. The highest BCUT2D eigenvalue weighted by Crippen LogP contribution is 2.31. The molecule has 3 aromatic carbocycles. The first-order valence-corrected chi connectivity index (χ1v) is 10.1. The predicted octanol–water partition coefficient (Wildman–Crippen LogP) is 2.63. The lowest BCUT2D eigenvalue weighted by molar-refractivity contribution is -0.138. The quantitative estimate of drug-likeness (QED) is 0.568. The number of fused-ring (bicyclic) bond motifs is 1. The van der Waals surface area contributed by atoms with E-state index in [1.54, 1.807) is 24.3 Å². The summed E-state index contributed by atoms with van der Waals surface area (Å²) in [6.07, 6.45) is -0.100. The molecule has 8 heteroatoms. The van der Waals surface area contributed by atoms with Gasteiger partial charge in [0.25, 0.3) is 0 Å². The highest BCUT2D eigenvalue weighted by molar-refractivity contribution is 7.87. The summed E-state index contributed by atoms with van der Waals surface area (Å²) in [5.74, 6) is -1.65. The molecule has 0 radical (unpaired) electrons. The van der Waals surface area contributed by atoms with Gasteiger partial charge < -0.3 is 19.9 Å². The summed E-state index contributed by atoms with van der Waals surface area (Å²) in [6.45, 7) is 0. The second-order valence-corrected chi connectivity index (χ2v) is 8.21. The van der Waals surface area contributed by atoms with E-state index in [9.17, 15) is 13.2 Å². The monoisotopic (exact) mass is 418 g/mol. The van der Waals surface area contributed by atoms with Crippen LogP contribution < -0.4 is 14.8 Å². The van der Waals surface area contributed by atoms with Crippen molar-refractivity contribution in [3.8, 4) is 5.75 Å². The van der Waals surface area contributed by atoms with E-state index in [-0.39, 0.29) is 23.4 Å². The maximum absolute atomic E-state index is 13.1. The van der Waals surface area contributed by atoms with Gasteiger partial charge in [0, 0.05) is 30.6 Å². The third-order valence-corrected chi connectivity index (χ3v) is 5.63. The second kappa shape index (κ2) is 8.10. The van der Waals surface area contributed by atoms with Crippen molar-refractivity contribution >= 4 is 32.5 Å². The fraction of sp³-hybridized carbons (Fsp3) is 0.190. The van der Waals surface area contributed by atoms with Crippen LogP contribution in [0.1, 0.15) is 8.30 Å². The molecule has 0 fully saturated rings. The van der Waals surface area contributed by atoms with Crippen molar-refractivity contribution in [1.29, 1.82) is 0 Å². The summed E-state index contributed by atoms with van der Waals surface area (Å²) in [7, 11) is -0.654. The molecule has 0 unspecified atom stereocenters. The van der Waals surface area contributed by atoms with E-state index < -0.39 is 27.9 Å². The highest BCUT2D eigenvalue weighted by atomic mass is 32.2. The molecule has 7 nitrogen and oxygen atoms in total. The van der Waals surface area contributed by atoms with Gasteiger partial charge in [-0.05, 0) is 36.2 Å². The average Bonchev–Trinajstić information content (AvgIpc) is 2.69. The molecule has 0 aliphatic rings. The maximum Gasteiger partial charge on any atom is 0.339 e. The van der Waals surface area contributed by atoms with Crippen LogP contribution in [-0.2, 0) is 21.3 Å². The van der Waals surface area contributed by atoms with Crippen LogP contribution >= 0.6 is 0 Å². The summed E-state index contributed by atoms with van der Waals surface area (Å²) >= 11 is 0. The predicted molar refractivity (Wildman–Crippen MR) is 112 cm³/mol. The fourth-order valence-electron chi connectivity index (χ4n) is 2.93. The smallest absolute Gasteiger partial charge is 0.339 e. The van der Waals surface area contributed by atoms with Crippen molar-refractivity contribution in [3.05, 3.63) is 66.2 Å². The third-order valence-electron chi connectivity index (χ3n) is 4.35. The number of anilines is 1. The molecular weight excluding hydrogens is 392 g/mol. The molecule has 3 rings (SSSR count). The van der Waals surface area contributed by atoms with Crippen LogP contribution in [0.25, 0.3) is 10.8 Å². The molecule has 0 spiro atoms. The molecule has 3 N–H and O–H groups in total. The van der Waals surface area contributed by atoms with E-state index >= 15 is 0 Å². The van der Waals surface area contributed by atoms with E-state index in [0.717, 1.165) is 5.69 Å². The maximum atomic E-state index is 13.1. The summed E-state index contributed by atoms with van der Waals surface area (Å²) in [6, 6.07) is 10.7. The van der Waals surface area contributed by atoms with E-state index in [4.69, 9.17) is 17.8 Å². The van der Waals surface area contributed by atoms with Gasteiger partial charge >= 0.3 is 16.1 Å². The second-order valence-electron chi connectivity index (χ2n) is 6.69. The lowest BCUT2D eigenvalue weighted by Crippen LogP contribution is -2.32. The van der Waals surface area contributed by atoms with E-state index in [0.29, 0.717) is 16.3 Å². The van der Waals surface area contributed by atoms with Gasteiger partial charge in [-0.1, -0.05) is 36.4 Å². The Morgan fingerprint density at radius 2 is 1.76 bits per heavy atom. The zero-order valence-corrected chi connectivity index (χ0v) is 16.7. The lowest BCUT2D eigenvalue weighted by Gasteiger charge is -2.17. The topological polar surface area (TPSA) is 110 Å². The zero-order valence-electron chi connectivity index (χ0n) is 17.9. The Labute approximate surface area is 172 Å². The molecule has 0 heterocycles. The summed E-state index contributed by atoms with van der Waals surface area (Å²) in [5.41, 5.74) is 6.66. The molecule has 0 aromatic heterocycles. The molecule has 29 heavy (non-hydrogen) atoms. The number of carboxylic acids is 1. The number of nitrogens with zero attached hydrogens (tertiary/aromatic N) is 1. The van der Waals surface area contributed by atoms with Gasteiger partial charge in [-0.15, -0.1) is 0 Å². The summed E-state index contributed by atoms with van der Waals surface area (Å²) in [4.78, 5) is 12.7. The van der Waals surface area contributed by atoms with Gasteiger partial charge in [-0.2, -0.15) is 8.42 Å². The number of nitrogens with two attached hydrogens (primary N) is 1. The van der Waals surface area contributed by atoms with Crippen LogP contribution in [0.2, 0.25) is 0 Å². The van der Waals surface area contributed by atoms with Gasteiger partial charge in [0.2, 0.25) is 0 Å². The Balaban J connectivity index is 2.02. The number of hydrogen-bond donors (Lipinski definition) is 2. The van der Waals surface area contributed by atoms with Crippen LogP contribution in [0.5, 0.6) is 5.75 Å². The Morgan fingerprint density at radius 3 is 2.38 bits per heavy atom. The number of rotatable bonds is 7. The van der Waals surface area contributed by atoms with Crippen molar-refractivity contribution in [2.24, 2.45) is 5.73 Å². The van der Waals surface area contributed by atoms with E-state index in [1.165, 1.54) is 18.2 Å². The Hall–Kier alpha value is -3.10. The van der Waals surface area contributed by atoms with Gasteiger partial charge in [-0.3, -0.25) is 4.79 Å². The van der Waals surface area contributed by atoms with Crippen molar-refractivity contribution < 1.29 is 25.2 Å². The molecule has 152 valence electrons. The van der Waals surface area contributed by atoms with Crippen LogP contribution in [0.3, 0.4) is 0 Å². The van der Waals surface area contributed by atoms with Crippen LogP contribution in [0.15, 0.2) is 65.5 Å². The number of carbonyl (C=O) groups is 1. The largest absolute Gasteiger partial charge is 0.480 e. The zero-order chi connectivity index (χ0) is 22.9. The van der Waals surface area contributed by atoms with Gasteiger partial charge in [0.15, 0.2) is 0 Å². The minimum atomic E-state index is -4.35. The van der Waals surface area contributed by atoms with Gasteiger partial charge in [-0.25, -0.2) is 0 Å². The minimum Gasteiger partial charge on any atom is -0.480 e. The Kier molecular flexibility index (Phi) is 5.02. The average molecular weight is 418 g/mol. The van der Waals surface area contributed by atoms with Crippen molar-refractivity contribution in [2.75, 3.05) is 19.0 Å². The lowest BCUT2D eigenvalue weighted by atomic mass is 10.1. The third kappa shape index (κ3) is 4.49. The summed E-state index contributed by atoms with van der Waals surface area (Å²) in [5, 5.41) is 10.1. The number of hydrogen-bond acceptors (Lipinski definition) is 6. The van der Waals surface area contributed by atoms with Crippen molar-refractivity contribution in [3.63, 3.8) is 0 Å². The first-order chi connectivity index (χ1) is 14.5. The minimum absolute atomic E-state index is 0.0792. The Morgan fingerprint density at radius 1 is 1.14 bits per heavy atom. The number of benzene rings is 3. The Bertz CT molecular complexity index is 1240. The van der Waals surface area contributed by atoms with Crippen LogP contribution in [-0.4, -0.2) is 39.6 Å². The van der Waals surface area contributed by atoms with E-state index in [2.05, 4.69) is 0 Å². The SMILES string of the molecule is [3H]c1cc(C[C@H](N)C(=O)O)cc([3H])c1OS(=O)(=O)c1cccc2c(N(C)C)cccc12. The normalized spacial score (nSPS) is 13.5. The van der Waals surface area contributed by atoms with Crippen molar-refractivity contribution in [2.45, 2.75) is 17.4 Å².